The minimum Gasteiger partial charge on any atom is -0.490 e. The number of hydrogen-bond acceptors (Lipinski definition) is 6. The Morgan fingerprint density at radius 1 is 1.09 bits per heavy atom. The molecule has 33 heavy (non-hydrogen) atoms. The lowest BCUT2D eigenvalue weighted by Gasteiger charge is -2.36. The minimum atomic E-state index is -3.98. The number of halogens is 1. The van der Waals surface area contributed by atoms with Gasteiger partial charge in [0.15, 0.2) is 0 Å². The third-order valence-electron chi connectivity index (χ3n) is 6.11. The zero-order chi connectivity index (χ0) is 23.6. The monoisotopic (exact) mass is 472 g/mol. The van der Waals surface area contributed by atoms with E-state index in [0.717, 1.165) is 25.7 Å². The van der Waals surface area contributed by atoms with Crippen molar-refractivity contribution in [2.75, 3.05) is 31.1 Å². The van der Waals surface area contributed by atoms with Crippen LogP contribution < -0.4 is 14.8 Å². The topological polar surface area (TPSA) is 117 Å². The van der Waals surface area contributed by atoms with Gasteiger partial charge >= 0.3 is 0 Å². The molecule has 1 heterocycles. The van der Waals surface area contributed by atoms with Crippen LogP contribution in [0.25, 0.3) is 0 Å². The molecule has 4 rings (SSSR count). The molecule has 0 radical (unpaired) electrons. The van der Waals surface area contributed by atoms with Gasteiger partial charge in [-0.15, -0.1) is 0 Å². The largest absolute Gasteiger partial charge is 0.490 e. The SMILES string of the molecule is N#Cc1ccc(N2CCN(C(=O)c3cc(S(N)(=O)=O)ccc3OC3CCCC3)CC2)cc1F. The summed E-state index contributed by atoms with van der Waals surface area (Å²) in [5.41, 5.74) is 0.795. The fourth-order valence-electron chi connectivity index (χ4n) is 4.27. The Labute approximate surface area is 192 Å². The number of carbonyl (C=O) groups excluding carboxylic acids is 1. The summed E-state index contributed by atoms with van der Waals surface area (Å²) < 4.78 is 43.8. The highest BCUT2D eigenvalue weighted by atomic mass is 32.2. The van der Waals surface area contributed by atoms with Gasteiger partial charge in [-0.3, -0.25) is 4.79 Å². The first-order valence-electron chi connectivity index (χ1n) is 10.8. The average molecular weight is 473 g/mol. The van der Waals surface area contributed by atoms with Crippen molar-refractivity contribution in [3.63, 3.8) is 0 Å². The Kier molecular flexibility index (Phi) is 6.54. The molecular weight excluding hydrogens is 447 g/mol. The van der Waals surface area contributed by atoms with Gasteiger partial charge in [0, 0.05) is 31.9 Å². The smallest absolute Gasteiger partial charge is 0.257 e. The van der Waals surface area contributed by atoms with Crippen molar-refractivity contribution in [3.8, 4) is 11.8 Å². The maximum atomic E-state index is 14.0. The van der Waals surface area contributed by atoms with E-state index < -0.39 is 15.8 Å². The molecule has 1 aliphatic carbocycles. The first-order valence-corrected chi connectivity index (χ1v) is 12.4. The molecule has 10 heteroatoms. The number of carbonyl (C=O) groups is 1. The Balaban J connectivity index is 1.52. The van der Waals surface area contributed by atoms with Crippen LogP contribution in [-0.4, -0.2) is 51.5 Å². The van der Waals surface area contributed by atoms with Crippen molar-refractivity contribution < 1.29 is 22.3 Å². The number of sulfonamides is 1. The van der Waals surface area contributed by atoms with Crippen molar-refractivity contribution in [3.05, 3.63) is 53.3 Å². The Bertz CT molecular complexity index is 1200. The van der Waals surface area contributed by atoms with Gasteiger partial charge in [-0.25, -0.2) is 17.9 Å². The molecule has 0 unspecified atom stereocenters. The van der Waals surface area contributed by atoms with Crippen LogP contribution in [0.4, 0.5) is 10.1 Å². The number of hydrogen-bond donors (Lipinski definition) is 1. The number of ether oxygens (including phenoxy) is 1. The van der Waals surface area contributed by atoms with Gasteiger partial charge < -0.3 is 14.5 Å². The van der Waals surface area contributed by atoms with E-state index in [1.807, 2.05) is 4.90 Å². The van der Waals surface area contributed by atoms with Crippen molar-refractivity contribution in [1.29, 1.82) is 5.26 Å². The standard InChI is InChI=1S/C23H25FN4O4S/c24-21-13-17(6-5-16(21)15-25)27-9-11-28(12-10-27)23(29)20-14-19(33(26,30)31)7-8-22(20)32-18-3-1-2-4-18/h5-8,13-14,18H,1-4,9-12H2,(H2,26,30,31). The number of nitriles is 1. The zero-order valence-electron chi connectivity index (χ0n) is 18.0. The van der Waals surface area contributed by atoms with Crippen molar-refractivity contribution in [2.24, 2.45) is 5.14 Å². The molecular formula is C23H25FN4O4S. The summed E-state index contributed by atoms with van der Waals surface area (Å²) in [4.78, 5) is 16.8. The van der Waals surface area contributed by atoms with Gasteiger partial charge in [0.05, 0.1) is 22.1 Å². The van der Waals surface area contributed by atoms with Gasteiger partial charge in [0.1, 0.15) is 17.6 Å². The zero-order valence-corrected chi connectivity index (χ0v) is 18.9. The second-order valence-electron chi connectivity index (χ2n) is 8.28. The molecule has 2 aliphatic rings. The van der Waals surface area contributed by atoms with Crippen LogP contribution in [0.2, 0.25) is 0 Å². The molecule has 2 fully saturated rings. The van der Waals surface area contributed by atoms with Crippen LogP contribution in [-0.2, 0) is 10.0 Å². The normalized spacial score (nSPS) is 17.1. The molecule has 0 bridgehead atoms. The molecule has 1 amide bonds. The van der Waals surface area contributed by atoms with Crippen molar-refractivity contribution >= 4 is 21.6 Å². The molecule has 2 aromatic rings. The third-order valence-corrected chi connectivity index (χ3v) is 7.02. The predicted octanol–water partition coefficient (Wildman–Crippen LogP) is 2.63. The van der Waals surface area contributed by atoms with Gasteiger partial charge in [-0.2, -0.15) is 5.26 Å². The summed E-state index contributed by atoms with van der Waals surface area (Å²) in [6, 6.07) is 10.4. The van der Waals surface area contributed by atoms with Gasteiger partial charge in [0.25, 0.3) is 5.91 Å². The molecule has 2 N–H and O–H groups in total. The van der Waals surface area contributed by atoms with E-state index in [9.17, 15) is 17.6 Å². The fraction of sp³-hybridized carbons (Fsp3) is 0.391. The molecule has 0 aromatic heterocycles. The van der Waals surface area contributed by atoms with Gasteiger partial charge in [-0.05, 0) is 62.1 Å². The lowest BCUT2D eigenvalue weighted by Crippen LogP contribution is -2.49. The van der Waals surface area contributed by atoms with Crippen LogP contribution in [0.5, 0.6) is 5.75 Å². The van der Waals surface area contributed by atoms with Crippen LogP contribution in [0.15, 0.2) is 41.3 Å². The summed E-state index contributed by atoms with van der Waals surface area (Å²) >= 11 is 0. The van der Waals surface area contributed by atoms with E-state index >= 15 is 0 Å². The quantitative estimate of drug-likeness (QED) is 0.715. The molecule has 174 valence electrons. The summed E-state index contributed by atoms with van der Waals surface area (Å²) in [5.74, 6) is -0.558. The molecule has 1 aliphatic heterocycles. The number of rotatable bonds is 5. The first-order chi connectivity index (χ1) is 15.8. The van der Waals surface area contributed by atoms with Gasteiger partial charge in [0.2, 0.25) is 10.0 Å². The summed E-state index contributed by atoms with van der Waals surface area (Å²) in [6.45, 7) is 1.65. The van der Waals surface area contributed by atoms with E-state index in [0.29, 0.717) is 37.6 Å². The number of benzene rings is 2. The molecule has 8 nitrogen and oxygen atoms in total. The van der Waals surface area contributed by atoms with Crippen LogP contribution in [0.1, 0.15) is 41.6 Å². The third kappa shape index (κ3) is 5.10. The second kappa shape index (κ2) is 9.37. The van der Waals surface area contributed by atoms with E-state index in [-0.39, 0.29) is 28.0 Å². The summed E-state index contributed by atoms with van der Waals surface area (Å²) in [5, 5.41) is 14.2. The average Bonchev–Trinajstić information content (AvgIpc) is 3.31. The first kappa shape index (κ1) is 23.0. The van der Waals surface area contributed by atoms with Gasteiger partial charge in [-0.1, -0.05) is 0 Å². The highest BCUT2D eigenvalue weighted by molar-refractivity contribution is 7.89. The lowest BCUT2D eigenvalue weighted by molar-refractivity contribution is 0.0739. The Morgan fingerprint density at radius 3 is 2.39 bits per heavy atom. The lowest BCUT2D eigenvalue weighted by atomic mass is 10.1. The van der Waals surface area contributed by atoms with Crippen LogP contribution >= 0.6 is 0 Å². The van der Waals surface area contributed by atoms with E-state index in [1.54, 1.807) is 17.0 Å². The number of piperazine rings is 1. The minimum absolute atomic E-state index is 0.00000900. The van der Waals surface area contributed by atoms with E-state index in [4.69, 9.17) is 15.1 Å². The fourth-order valence-corrected chi connectivity index (χ4v) is 4.81. The number of nitrogens with zero attached hydrogens (tertiary/aromatic N) is 3. The van der Waals surface area contributed by atoms with Crippen molar-refractivity contribution in [1.82, 2.24) is 4.90 Å². The van der Waals surface area contributed by atoms with Crippen LogP contribution in [0.3, 0.4) is 0 Å². The highest BCUT2D eigenvalue weighted by Gasteiger charge is 2.28. The predicted molar refractivity (Wildman–Crippen MR) is 120 cm³/mol. The Hall–Kier alpha value is -3.16. The molecule has 1 saturated carbocycles. The number of primary sulfonamides is 1. The molecule has 0 atom stereocenters. The maximum Gasteiger partial charge on any atom is 0.257 e. The Morgan fingerprint density at radius 2 is 1.79 bits per heavy atom. The molecule has 1 saturated heterocycles. The maximum absolute atomic E-state index is 14.0. The second-order valence-corrected chi connectivity index (χ2v) is 9.84. The van der Waals surface area contributed by atoms with Crippen LogP contribution in [0, 0.1) is 17.1 Å². The molecule has 0 spiro atoms. The number of nitrogens with two attached hydrogens (primary N) is 1. The summed E-state index contributed by atoms with van der Waals surface area (Å²) in [7, 11) is -3.98. The van der Waals surface area contributed by atoms with E-state index in [2.05, 4.69) is 0 Å². The van der Waals surface area contributed by atoms with E-state index in [1.165, 1.54) is 30.3 Å². The highest BCUT2D eigenvalue weighted by Crippen LogP contribution is 2.30. The van der Waals surface area contributed by atoms with Crippen molar-refractivity contribution in [2.45, 2.75) is 36.7 Å². The molecule has 2 aromatic carbocycles. The number of amides is 1. The summed E-state index contributed by atoms with van der Waals surface area (Å²) in [6.07, 6.45) is 3.90. The number of anilines is 1.